The summed E-state index contributed by atoms with van der Waals surface area (Å²) in [6.45, 7) is 0.0785. The van der Waals surface area contributed by atoms with E-state index in [9.17, 15) is 9.18 Å². The van der Waals surface area contributed by atoms with Crippen LogP contribution in [0.15, 0.2) is 47.4 Å². The van der Waals surface area contributed by atoms with E-state index in [0.29, 0.717) is 17.0 Å². The molecule has 2 aromatic carbocycles. The van der Waals surface area contributed by atoms with Crippen LogP contribution in [0.3, 0.4) is 0 Å². The maximum Gasteiger partial charge on any atom is 0.255 e. The lowest BCUT2D eigenvalue weighted by molar-refractivity contribution is 0.102. The molecule has 1 amide bonds. The Morgan fingerprint density at radius 2 is 2.10 bits per heavy atom. The molecule has 0 heterocycles. The zero-order valence-corrected chi connectivity index (χ0v) is 12.5. The quantitative estimate of drug-likeness (QED) is 0.822. The number of carbonyl (C=O) groups excluding carboxylic acids is 1. The minimum atomic E-state index is -0.530. The molecule has 0 radical (unpaired) electrons. The van der Waals surface area contributed by atoms with Crippen molar-refractivity contribution < 1.29 is 14.3 Å². The van der Waals surface area contributed by atoms with E-state index in [2.05, 4.69) is 5.32 Å². The molecule has 0 aliphatic rings. The van der Waals surface area contributed by atoms with Crippen LogP contribution in [-0.4, -0.2) is 23.4 Å². The molecule has 0 atom stereocenters. The second-order valence-electron chi connectivity index (χ2n) is 4.18. The maximum atomic E-state index is 13.1. The summed E-state index contributed by atoms with van der Waals surface area (Å²) < 4.78 is 13.1. The van der Waals surface area contributed by atoms with Gasteiger partial charge in [0.25, 0.3) is 5.91 Å². The lowest BCUT2D eigenvalue weighted by Crippen LogP contribution is -2.11. The minimum absolute atomic E-state index is 0.0416. The molecular weight excluding hydrogens is 313 g/mol. The number of hydrogen-bond acceptors (Lipinski definition) is 3. The number of nitrogens with one attached hydrogen (secondary N) is 1. The minimum Gasteiger partial charge on any atom is -0.396 e. The molecular formula is C15H13ClFNO2S. The van der Waals surface area contributed by atoms with Crippen LogP contribution in [0, 0.1) is 5.82 Å². The monoisotopic (exact) mass is 325 g/mol. The van der Waals surface area contributed by atoms with Crippen molar-refractivity contribution in [1.82, 2.24) is 0 Å². The Labute approximate surface area is 131 Å². The van der Waals surface area contributed by atoms with Crippen molar-refractivity contribution in [3.63, 3.8) is 0 Å². The molecule has 0 saturated heterocycles. The number of thioether (sulfide) groups is 1. The molecule has 0 aliphatic heterocycles. The summed E-state index contributed by atoms with van der Waals surface area (Å²) in [5.41, 5.74) is 0.915. The normalized spacial score (nSPS) is 10.4. The average Bonchev–Trinajstić information content (AvgIpc) is 2.49. The van der Waals surface area contributed by atoms with Crippen molar-refractivity contribution in [2.45, 2.75) is 4.90 Å². The molecule has 3 nitrogen and oxygen atoms in total. The molecule has 0 bridgehead atoms. The molecule has 0 saturated carbocycles. The summed E-state index contributed by atoms with van der Waals surface area (Å²) in [5.74, 6) is -0.264. The molecule has 21 heavy (non-hydrogen) atoms. The Bertz CT molecular complexity index is 651. The molecule has 110 valence electrons. The van der Waals surface area contributed by atoms with E-state index in [1.54, 1.807) is 18.2 Å². The van der Waals surface area contributed by atoms with Gasteiger partial charge in [0.2, 0.25) is 0 Å². The lowest BCUT2D eigenvalue weighted by Gasteiger charge is -2.07. The topological polar surface area (TPSA) is 49.3 Å². The second kappa shape index (κ2) is 7.45. The Kier molecular flexibility index (Phi) is 5.61. The van der Waals surface area contributed by atoms with Crippen molar-refractivity contribution in [3.8, 4) is 0 Å². The summed E-state index contributed by atoms with van der Waals surface area (Å²) in [6.07, 6.45) is 0. The summed E-state index contributed by atoms with van der Waals surface area (Å²) in [4.78, 5) is 13.0. The first-order valence-electron chi connectivity index (χ1n) is 6.20. The number of amides is 1. The van der Waals surface area contributed by atoms with Gasteiger partial charge in [0, 0.05) is 21.9 Å². The summed E-state index contributed by atoms with van der Waals surface area (Å²) in [7, 11) is 0. The highest BCUT2D eigenvalue weighted by molar-refractivity contribution is 7.99. The van der Waals surface area contributed by atoms with E-state index >= 15 is 0 Å². The van der Waals surface area contributed by atoms with Crippen LogP contribution >= 0.6 is 23.4 Å². The molecule has 0 aliphatic carbocycles. The van der Waals surface area contributed by atoms with Gasteiger partial charge in [-0.2, -0.15) is 0 Å². The van der Waals surface area contributed by atoms with E-state index in [4.69, 9.17) is 16.7 Å². The highest BCUT2D eigenvalue weighted by atomic mass is 35.5. The fourth-order valence-electron chi connectivity index (χ4n) is 1.67. The van der Waals surface area contributed by atoms with E-state index in [1.807, 2.05) is 6.07 Å². The van der Waals surface area contributed by atoms with Crippen molar-refractivity contribution in [3.05, 3.63) is 58.9 Å². The van der Waals surface area contributed by atoms with Gasteiger partial charge in [0.05, 0.1) is 11.6 Å². The van der Waals surface area contributed by atoms with Gasteiger partial charge in [-0.15, -0.1) is 11.8 Å². The SMILES string of the molecule is O=C(Nc1ccc(F)c(Cl)c1)c1cccc(SCCO)c1. The summed E-state index contributed by atoms with van der Waals surface area (Å²) in [5, 5.41) is 11.4. The predicted octanol–water partition coefficient (Wildman–Crippen LogP) is 3.82. The first-order valence-corrected chi connectivity index (χ1v) is 7.56. The van der Waals surface area contributed by atoms with Crippen LogP contribution in [0.2, 0.25) is 5.02 Å². The van der Waals surface area contributed by atoms with Crippen LogP contribution in [0.5, 0.6) is 0 Å². The third kappa shape index (κ3) is 4.46. The van der Waals surface area contributed by atoms with Crippen molar-refractivity contribution in [2.75, 3.05) is 17.7 Å². The molecule has 2 rings (SSSR count). The number of aliphatic hydroxyl groups is 1. The van der Waals surface area contributed by atoms with Gasteiger partial charge in [-0.25, -0.2) is 4.39 Å². The van der Waals surface area contributed by atoms with E-state index in [-0.39, 0.29) is 17.5 Å². The van der Waals surface area contributed by atoms with Gasteiger partial charge in [-0.05, 0) is 36.4 Å². The third-order valence-corrected chi connectivity index (χ3v) is 3.90. The lowest BCUT2D eigenvalue weighted by atomic mass is 10.2. The van der Waals surface area contributed by atoms with Crippen LogP contribution < -0.4 is 5.32 Å². The van der Waals surface area contributed by atoms with Gasteiger partial charge < -0.3 is 10.4 Å². The maximum absolute atomic E-state index is 13.1. The van der Waals surface area contributed by atoms with Crippen LogP contribution in [0.25, 0.3) is 0 Å². The van der Waals surface area contributed by atoms with E-state index in [1.165, 1.54) is 30.0 Å². The molecule has 2 N–H and O–H groups in total. The Morgan fingerprint density at radius 3 is 2.81 bits per heavy atom. The summed E-state index contributed by atoms with van der Waals surface area (Å²) >= 11 is 7.13. The molecule has 6 heteroatoms. The van der Waals surface area contributed by atoms with Gasteiger partial charge in [-0.1, -0.05) is 17.7 Å². The first kappa shape index (κ1) is 15.8. The Hall–Kier alpha value is -1.56. The summed E-state index contributed by atoms with van der Waals surface area (Å²) in [6, 6.07) is 11.1. The first-order chi connectivity index (χ1) is 10.1. The number of aliphatic hydroxyl groups excluding tert-OH is 1. The number of halogens is 2. The van der Waals surface area contributed by atoms with Crippen molar-refractivity contribution in [1.29, 1.82) is 0 Å². The van der Waals surface area contributed by atoms with Crippen molar-refractivity contribution in [2.24, 2.45) is 0 Å². The van der Waals surface area contributed by atoms with Gasteiger partial charge in [-0.3, -0.25) is 4.79 Å². The zero-order chi connectivity index (χ0) is 15.2. The van der Waals surface area contributed by atoms with Gasteiger partial charge in [0.1, 0.15) is 5.82 Å². The van der Waals surface area contributed by atoms with Crippen LogP contribution in [0.4, 0.5) is 10.1 Å². The highest BCUT2D eigenvalue weighted by Gasteiger charge is 2.08. The number of carbonyl (C=O) groups is 1. The van der Waals surface area contributed by atoms with Crippen LogP contribution in [-0.2, 0) is 0 Å². The molecule has 0 aromatic heterocycles. The molecule has 2 aromatic rings. The fraction of sp³-hybridized carbons (Fsp3) is 0.133. The number of anilines is 1. The van der Waals surface area contributed by atoms with E-state index in [0.717, 1.165) is 4.90 Å². The third-order valence-electron chi connectivity index (χ3n) is 2.63. The van der Waals surface area contributed by atoms with Gasteiger partial charge >= 0.3 is 0 Å². The largest absolute Gasteiger partial charge is 0.396 e. The Balaban J connectivity index is 2.10. The fourth-order valence-corrected chi connectivity index (χ4v) is 2.56. The highest BCUT2D eigenvalue weighted by Crippen LogP contribution is 2.22. The Morgan fingerprint density at radius 1 is 1.29 bits per heavy atom. The second-order valence-corrected chi connectivity index (χ2v) is 5.76. The number of hydrogen-bond donors (Lipinski definition) is 2. The standard InChI is InChI=1S/C15H13ClFNO2S/c16-13-9-11(4-5-14(13)17)18-15(20)10-2-1-3-12(8-10)21-7-6-19/h1-5,8-9,19H,6-7H2,(H,18,20). The van der Waals surface area contributed by atoms with Gasteiger partial charge in [0.15, 0.2) is 0 Å². The van der Waals surface area contributed by atoms with E-state index < -0.39 is 5.82 Å². The number of rotatable bonds is 5. The zero-order valence-electron chi connectivity index (χ0n) is 11.0. The smallest absolute Gasteiger partial charge is 0.255 e. The van der Waals surface area contributed by atoms with Crippen molar-refractivity contribution >= 4 is 35.0 Å². The molecule has 0 spiro atoms. The van der Waals surface area contributed by atoms with Crippen LogP contribution in [0.1, 0.15) is 10.4 Å². The average molecular weight is 326 g/mol. The number of benzene rings is 2. The molecule has 0 fully saturated rings. The predicted molar refractivity (Wildman–Crippen MR) is 83.6 cm³/mol. The molecule has 0 unspecified atom stereocenters.